The number of anilines is 1. The second-order valence-electron chi connectivity index (χ2n) is 2.27. The summed E-state index contributed by atoms with van der Waals surface area (Å²) >= 11 is 0. The zero-order chi connectivity index (χ0) is 8.97. The lowest BCUT2D eigenvalue weighted by Crippen LogP contribution is -1.84. The monoisotopic (exact) mass is 164 g/mol. The zero-order valence-corrected chi connectivity index (χ0v) is 6.31. The highest BCUT2D eigenvalue weighted by molar-refractivity contribution is 5.52. The molecule has 4 heteroatoms. The molecule has 1 aromatic rings. The lowest BCUT2D eigenvalue weighted by atomic mass is 10.2. The van der Waals surface area contributed by atoms with Gasteiger partial charge in [-0.05, 0) is 17.7 Å². The van der Waals surface area contributed by atoms with E-state index < -0.39 is 4.92 Å². The average molecular weight is 164 g/mol. The van der Waals surface area contributed by atoms with E-state index in [9.17, 15) is 10.1 Å². The van der Waals surface area contributed by atoms with Crippen LogP contribution in [0, 0.1) is 10.1 Å². The highest BCUT2D eigenvalue weighted by atomic mass is 16.6. The van der Waals surface area contributed by atoms with Crippen LogP contribution < -0.4 is 5.73 Å². The number of rotatable bonds is 2. The van der Waals surface area contributed by atoms with Crippen LogP contribution in [0.4, 0.5) is 5.69 Å². The van der Waals surface area contributed by atoms with Gasteiger partial charge in [-0.1, -0.05) is 12.1 Å². The maximum Gasteiger partial charge on any atom is 0.235 e. The molecular formula is C8H8N2O2. The minimum atomic E-state index is -0.504. The Balaban J connectivity index is 2.77. The second kappa shape index (κ2) is 3.52. The molecule has 0 bridgehead atoms. The van der Waals surface area contributed by atoms with Gasteiger partial charge in [0.25, 0.3) is 0 Å². The van der Waals surface area contributed by atoms with E-state index in [2.05, 4.69) is 0 Å². The van der Waals surface area contributed by atoms with Crippen molar-refractivity contribution in [1.82, 2.24) is 0 Å². The molecule has 62 valence electrons. The van der Waals surface area contributed by atoms with Crippen molar-refractivity contribution in [2.24, 2.45) is 0 Å². The van der Waals surface area contributed by atoms with Crippen molar-refractivity contribution in [1.29, 1.82) is 0 Å². The topological polar surface area (TPSA) is 69.2 Å². The molecule has 0 radical (unpaired) electrons. The first kappa shape index (κ1) is 8.26. The quantitative estimate of drug-likeness (QED) is 0.409. The Morgan fingerprint density at radius 1 is 1.33 bits per heavy atom. The van der Waals surface area contributed by atoms with E-state index in [0.717, 1.165) is 11.8 Å². The molecule has 1 aromatic carbocycles. The van der Waals surface area contributed by atoms with E-state index in [1.165, 1.54) is 6.08 Å². The van der Waals surface area contributed by atoms with Crippen molar-refractivity contribution in [3.63, 3.8) is 0 Å². The van der Waals surface area contributed by atoms with Crippen molar-refractivity contribution >= 4 is 11.8 Å². The van der Waals surface area contributed by atoms with Gasteiger partial charge in [0.05, 0.1) is 4.92 Å². The van der Waals surface area contributed by atoms with Gasteiger partial charge >= 0.3 is 0 Å². The van der Waals surface area contributed by atoms with Crippen molar-refractivity contribution < 1.29 is 4.92 Å². The van der Waals surface area contributed by atoms with Crippen LogP contribution in [0.15, 0.2) is 30.5 Å². The Kier molecular flexibility index (Phi) is 2.42. The van der Waals surface area contributed by atoms with E-state index >= 15 is 0 Å². The SMILES string of the molecule is Nc1ccc(C=C[N+](=O)[O-])cc1. The van der Waals surface area contributed by atoms with Gasteiger partial charge in [-0.25, -0.2) is 0 Å². The summed E-state index contributed by atoms with van der Waals surface area (Å²) in [4.78, 5) is 9.43. The molecule has 0 atom stereocenters. The van der Waals surface area contributed by atoms with Gasteiger partial charge in [0.2, 0.25) is 6.20 Å². The molecule has 0 aliphatic carbocycles. The minimum absolute atomic E-state index is 0.504. The van der Waals surface area contributed by atoms with Crippen molar-refractivity contribution in [2.75, 3.05) is 5.73 Å². The van der Waals surface area contributed by atoms with Crippen molar-refractivity contribution in [3.05, 3.63) is 46.1 Å². The molecule has 4 nitrogen and oxygen atoms in total. The molecule has 0 unspecified atom stereocenters. The van der Waals surface area contributed by atoms with Crippen LogP contribution in [-0.2, 0) is 0 Å². The molecule has 0 saturated heterocycles. The number of nitro groups is 1. The molecule has 0 spiro atoms. The Labute approximate surface area is 69.5 Å². The molecule has 0 aliphatic heterocycles. The maximum absolute atomic E-state index is 9.93. The number of nitrogens with two attached hydrogens (primary N) is 1. The summed E-state index contributed by atoms with van der Waals surface area (Å²) in [6.45, 7) is 0. The fourth-order valence-corrected chi connectivity index (χ4v) is 0.754. The third kappa shape index (κ3) is 2.42. The smallest absolute Gasteiger partial charge is 0.235 e. The molecule has 12 heavy (non-hydrogen) atoms. The summed E-state index contributed by atoms with van der Waals surface area (Å²) in [5.74, 6) is 0. The zero-order valence-electron chi connectivity index (χ0n) is 6.31. The van der Waals surface area contributed by atoms with E-state index in [-0.39, 0.29) is 0 Å². The molecule has 0 amide bonds. The maximum atomic E-state index is 9.93. The number of benzene rings is 1. The lowest BCUT2D eigenvalue weighted by Gasteiger charge is -1.92. The van der Waals surface area contributed by atoms with Crippen LogP contribution >= 0.6 is 0 Å². The highest BCUT2D eigenvalue weighted by Crippen LogP contribution is 2.06. The van der Waals surface area contributed by atoms with Crippen LogP contribution in [-0.4, -0.2) is 4.92 Å². The standard InChI is InChI=1S/C8H8N2O2/c9-8-3-1-7(2-4-8)5-6-10(11)12/h1-6H,9H2. The van der Waals surface area contributed by atoms with E-state index in [4.69, 9.17) is 5.73 Å². The summed E-state index contributed by atoms with van der Waals surface area (Å²) < 4.78 is 0. The van der Waals surface area contributed by atoms with E-state index in [1.54, 1.807) is 24.3 Å². The molecule has 2 N–H and O–H groups in total. The van der Waals surface area contributed by atoms with Gasteiger partial charge in [0, 0.05) is 11.8 Å². The second-order valence-corrected chi connectivity index (χ2v) is 2.27. The molecule has 0 heterocycles. The highest BCUT2D eigenvalue weighted by Gasteiger charge is 1.89. The Bertz CT molecular complexity index is 303. The van der Waals surface area contributed by atoms with Crippen LogP contribution in [0.25, 0.3) is 6.08 Å². The van der Waals surface area contributed by atoms with E-state index in [1.807, 2.05) is 0 Å². The predicted molar refractivity (Wildman–Crippen MR) is 46.9 cm³/mol. The molecule has 0 fully saturated rings. The van der Waals surface area contributed by atoms with Gasteiger partial charge in [0.1, 0.15) is 0 Å². The first-order chi connectivity index (χ1) is 5.68. The van der Waals surface area contributed by atoms with Crippen molar-refractivity contribution in [3.8, 4) is 0 Å². The van der Waals surface area contributed by atoms with Gasteiger partial charge < -0.3 is 5.73 Å². The fraction of sp³-hybridized carbons (Fsp3) is 0. The van der Waals surface area contributed by atoms with Crippen LogP contribution in [0.1, 0.15) is 5.56 Å². The molecule has 0 aliphatic rings. The number of hydrogen-bond donors (Lipinski definition) is 1. The van der Waals surface area contributed by atoms with Crippen LogP contribution in [0.3, 0.4) is 0 Å². The predicted octanol–water partition coefficient (Wildman–Crippen LogP) is 1.52. The largest absolute Gasteiger partial charge is 0.399 e. The number of hydrogen-bond acceptors (Lipinski definition) is 3. The summed E-state index contributed by atoms with van der Waals surface area (Å²) in [7, 11) is 0. The summed E-state index contributed by atoms with van der Waals surface area (Å²) in [5.41, 5.74) is 6.84. The Morgan fingerprint density at radius 3 is 2.42 bits per heavy atom. The Morgan fingerprint density at radius 2 is 1.92 bits per heavy atom. The van der Waals surface area contributed by atoms with Crippen LogP contribution in [0.2, 0.25) is 0 Å². The minimum Gasteiger partial charge on any atom is -0.399 e. The molecule has 0 saturated carbocycles. The summed E-state index contributed by atoms with van der Waals surface area (Å²) in [6, 6.07) is 6.82. The molecule has 0 aromatic heterocycles. The first-order valence-electron chi connectivity index (χ1n) is 3.36. The van der Waals surface area contributed by atoms with Crippen LogP contribution in [0.5, 0.6) is 0 Å². The van der Waals surface area contributed by atoms with Gasteiger partial charge in [-0.15, -0.1) is 0 Å². The third-order valence-corrected chi connectivity index (χ3v) is 1.33. The van der Waals surface area contributed by atoms with Gasteiger partial charge in [-0.2, -0.15) is 0 Å². The fourth-order valence-electron chi connectivity index (χ4n) is 0.754. The van der Waals surface area contributed by atoms with Gasteiger partial charge in [0.15, 0.2) is 0 Å². The number of nitrogens with zero attached hydrogens (tertiary/aromatic N) is 1. The van der Waals surface area contributed by atoms with Crippen molar-refractivity contribution in [2.45, 2.75) is 0 Å². The summed E-state index contributed by atoms with van der Waals surface area (Å²) in [5, 5.41) is 9.93. The average Bonchev–Trinajstić information content (AvgIpc) is 2.03. The van der Waals surface area contributed by atoms with E-state index in [0.29, 0.717) is 5.69 Å². The number of nitrogen functional groups attached to an aromatic ring is 1. The molecular weight excluding hydrogens is 156 g/mol. The third-order valence-electron chi connectivity index (χ3n) is 1.33. The summed E-state index contributed by atoms with van der Waals surface area (Å²) in [6.07, 6.45) is 2.31. The van der Waals surface area contributed by atoms with Gasteiger partial charge in [-0.3, -0.25) is 10.1 Å². The first-order valence-corrected chi connectivity index (χ1v) is 3.36. The Hall–Kier alpha value is -1.84. The normalized spacial score (nSPS) is 10.3. The molecule has 1 rings (SSSR count). The lowest BCUT2D eigenvalue weighted by molar-refractivity contribution is -0.400.